The van der Waals surface area contributed by atoms with Gasteiger partial charge in [-0.15, -0.1) is 0 Å². The molecule has 1 heterocycles. The van der Waals surface area contributed by atoms with Crippen LogP contribution in [0.15, 0.2) is 22.7 Å². The predicted octanol–water partition coefficient (Wildman–Crippen LogP) is 2.67. The molecule has 1 aromatic heterocycles. The van der Waals surface area contributed by atoms with Gasteiger partial charge >= 0.3 is 0 Å². The molecule has 0 saturated carbocycles. The molecule has 0 fully saturated rings. The molecule has 0 aliphatic rings. The first kappa shape index (κ1) is 12.8. The molecule has 2 aromatic rings. The number of nitrogens with two attached hydrogens (primary N) is 1. The van der Waals surface area contributed by atoms with Crippen molar-refractivity contribution < 1.29 is 9.63 Å². The molecule has 6 heteroatoms. The van der Waals surface area contributed by atoms with Gasteiger partial charge in [0.25, 0.3) is 5.89 Å². The Labute approximate surface area is 109 Å². The summed E-state index contributed by atoms with van der Waals surface area (Å²) in [5, 5.41) is 13.7. The first-order valence-electron chi connectivity index (χ1n) is 5.70. The maximum atomic E-state index is 9.82. The molecule has 0 bridgehead atoms. The molecule has 0 atom stereocenters. The molecule has 5 nitrogen and oxygen atoms in total. The van der Waals surface area contributed by atoms with E-state index < -0.39 is 0 Å². The van der Waals surface area contributed by atoms with Crippen molar-refractivity contribution in [3.63, 3.8) is 0 Å². The highest BCUT2D eigenvalue weighted by Gasteiger charge is 2.14. The quantitative estimate of drug-likeness (QED) is 0.491. The van der Waals surface area contributed by atoms with Crippen LogP contribution in [0.5, 0.6) is 5.75 Å². The summed E-state index contributed by atoms with van der Waals surface area (Å²) in [7, 11) is 0. The number of anilines is 1. The Morgan fingerprint density at radius 3 is 3.06 bits per heavy atom. The van der Waals surface area contributed by atoms with Crippen LogP contribution in [0.2, 0.25) is 0 Å². The standard InChI is InChI=1S/C12H15N3O2S/c1-2-6-18-7-10-14-12(17-15-10)8-4-3-5-9(13)11(8)16/h3-5,16H,2,6-7,13H2,1H3. The van der Waals surface area contributed by atoms with E-state index in [1.165, 1.54) is 0 Å². The highest BCUT2D eigenvalue weighted by atomic mass is 32.2. The van der Waals surface area contributed by atoms with E-state index in [-0.39, 0.29) is 5.75 Å². The maximum Gasteiger partial charge on any atom is 0.261 e. The number of benzene rings is 1. The van der Waals surface area contributed by atoms with Crippen LogP contribution >= 0.6 is 11.8 Å². The number of hydrogen-bond acceptors (Lipinski definition) is 6. The van der Waals surface area contributed by atoms with Gasteiger partial charge in [0.05, 0.1) is 17.0 Å². The Kier molecular flexibility index (Phi) is 4.09. The van der Waals surface area contributed by atoms with Crippen molar-refractivity contribution in [2.24, 2.45) is 0 Å². The fraction of sp³-hybridized carbons (Fsp3) is 0.333. The van der Waals surface area contributed by atoms with Gasteiger partial charge in [0.2, 0.25) is 0 Å². The Balaban J connectivity index is 2.16. The third kappa shape index (κ3) is 2.76. The van der Waals surface area contributed by atoms with Crippen molar-refractivity contribution in [1.82, 2.24) is 10.1 Å². The first-order chi connectivity index (χ1) is 8.72. The molecule has 0 aliphatic heterocycles. The lowest BCUT2D eigenvalue weighted by molar-refractivity contribution is 0.420. The fourth-order valence-electron chi connectivity index (χ4n) is 1.46. The number of rotatable bonds is 5. The first-order valence-corrected chi connectivity index (χ1v) is 6.86. The Bertz CT molecular complexity index is 528. The Morgan fingerprint density at radius 1 is 1.44 bits per heavy atom. The minimum atomic E-state index is -0.0195. The highest BCUT2D eigenvalue weighted by Crippen LogP contribution is 2.32. The molecule has 0 saturated heterocycles. The summed E-state index contributed by atoms with van der Waals surface area (Å²) >= 11 is 1.75. The Hall–Kier alpha value is -1.69. The molecule has 0 amide bonds. The third-order valence-corrected chi connectivity index (χ3v) is 3.50. The molecule has 1 aromatic carbocycles. The monoisotopic (exact) mass is 265 g/mol. The average Bonchev–Trinajstić information content (AvgIpc) is 2.82. The van der Waals surface area contributed by atoms with Crippen LogP contribution in [-0.4, -0.2) is 21.0 Å². The van der Waals surface area contributed by atoms with Gasteiger partial charge in [0.15, 0.2) is 11.6 Å². The van der Waals surface area contributed by atoms with E-state index in [4.69, 9.17) is 10.3 Å². The normalized spacial score (nSPS) is 10.7. The lowest BCUT2D eigenvalue weighted by atomic mass is 10.2. The Morgan fingerprint density at radius 2 is 2.28 bits per heavy atom. The summed E-state index contributed by atoms with van der Waals surface area (Å²) in [5.41, 5.74) is 6.38. The van der Waals surface area contributed by atoms with Crippen LogP contribution in [0.3, 0.4) is 0 Å². The van der Waals surface area contributed by atoms with E-state index in [1.807, 2.05) is 0 Å². The van der Waals surface area contributed by atoms with Crippen molar-refractivity contribution in [3.8, 4) is 17.2 Å². The number of phenolic OH excluding ortho intramolecular Hbond substituents is 1. The lowest BCUT2D eigenvalue weighted by Crippen LogP contribution is -1.88. The van der Waals surface area contributed by atoms with Gasteiger partial charge in [-0.1, -0.05) is 18.1 Å². The zero-order valence-electron chi connectivity index (χ0n) is 10.1. The molecule has 0 spiro atoms. The molecule has 96 valence electrons. The summed E-state index contributed by atoms with van der Waals surface area (Å²) in [6.45, 7) is 2.12. The second-order valence-electron chi connectivity index (χ2n) is 3.81. The second kappa shape index (κ2) is 5.77. The van der Waals surface area contributed by atoms with E-state index in [9.17, 15) is 5.11 Å². The number of nitrogens with zero attached hydrogens (tertiary/aromatic N) is 2. The van der Waals surface area contributed by atoms with Gasteiger partial charge in [-0.3, -0.25) is 0 Å². The van der Waals surface area contributed by atoms with E-state index in [0.29, 0.717) is 28.7 Å². The van der Waals surface area contributed by atoms with Crippen LogP contribution in [0.1, 0.15) is 19.2 Å². The van der Waals surface area contributed by atoms with Crippen LogP contribution in [-0.2, 0) is 5.75 Å². The van der Waals surface area contributed by atoms with Crippen LogP contribution in [0.4, 0.5) is 5.69 Å². The van der Waals surface area contributed by atoms with Gasteiger partial charge in [-0.25, -0.2) is 0 Å². The second-order valence-corrected chi connectivity index (χ2v) is 4.92. The van der Waals surface area contributed by atoms with Crippen molar-refractivity contribution >= 4 is 17.4 Å². The molecule has 0 unspecified atom stereocenters. The van der Waals surface area contributed by atoms with Gasteiger partial charge in [-0.05, 0) is 24.3 Å². The van der Waals surface area contributed by atoms with E-state index >= 15 is 0 Å². The maximum absolute atomic E-state index is 9.82. The van der Waals surface area contributed by atoms with Gasteiger partial charge in [0, 0.05) is 0 Å². The van der Waals surface area contributed by atoms with Crippen molar-refractivity contribution in [1.29, 1.82) is 0 Å². The largest absolute Gasteiger partial charge is 0.505 e. The van der Waals surface area contributed by atoms with Gasteiger partial charge in [-0.2, -0.15) is 16.7 Å². The van der Waals surface area contributed by atoms with E-state index in [2.05, 4.69) is 17.1 Å². The highest BCUT2D eigenvalue weighted by molar-refractivity contribution is 7.98. The minimum Gasteiger partial charge on any atom is -0.505 e. The molecule has 3 N–H and O–H groups in total. The molecular formula is C12H15N3O2S. The van der Waals surface area contributed by atoms with Crippen molar-refractivity contribution in [2.45, 2.75) is 19.1 Å². The summed E-state index contributed by atoms with van der Waals surface area (Å²) in [5.74, 6) is 2.68. The SMILES string of the molecule is CCCSCc1noc(-c2cccc(N)c2O)n1. The molecule has 2 rings (SSSR count). The number of phenols is 1. The molecule has 0 aliphatic carbocycles. The van der Waals surface area contributed by atoms with Gasteiger partial charge < -0.3 is 15.4 Å². The number of nitrogen functional groups attached to an aromatic ring is 1. The summed E-state index contributed by atoms with van der Waals surface area (Å²) in [4.78, 5) is 4.24. The molecular weight excluding hydrogens is 250 g/mol. The topological polar surface area (TPSA) is 85.2 Å². The average molecular weight is 265 g/mol. The zero-order valence-corrected chi connectivity index (χ0v) is 10.9. The number of hydrogen-bond donors (Lipinski definition) is 2. The van der Waals surface area contributed by atoms with Gasteiger partial charge in [0.1, 0.15) is 0 Å². The smallest absolute Gasteiger partial charge is 0.261 e. The summed E-state index contributed by atoms with van der Waals surface area (Å²) in [6.07, 6.45) is 1.12. The number of aromatic nitrogens is 2. The third-order valence-electron chi connectivity index (χ3n) is 2.35. The number of thioether (sulfide) groups is 1. The van der Waals surface area contributed by atoms with Crippen LogP contribution in [0, 0.1) is 0 Å². The fourth-order valence-corrected chi connectivity index (χ4v) is 2.20. The summed E-state index contributed by atoms with van der Waals surface area (Å²) in [6, 6.07) is 5.05. The van der Waals surface area contributed by atoms with E-state index in [1.54, 1.807) is 30.0 Å². The molecule has 0 radical (unpaired) electrons. The summed E-state index contributed by atoms with van der Waals surface area (Å²) < 4.78 is 5.13. The zero-order chi connectivity index (χ0) is 13.0. The van der Waals surface area contributed by atoms with Crippen molar-refractivity contribution in [2.75, 3.05) is 11.5 Å². The lowest BCUT2D eigenvalue weighted by Gasteiger charge is -2.01. The van der Waals surface area contributed by atoms with Crippen LogP contribution < -0.4 is 5.73 Å². The number of aromatic hydroxyl groups is 1. The van der Waals surface area contributed by atoms with Crippen molar-refractivity contribution in [3.05, 3.63) is 24.0 Å². The number of para-hydroxylation sites is 1. The van der Waals surface area contributed by atoms with E-state index in [0.717, 1.165) is 12.2 Å². The predicted molar refractivity (Wildman–Crippen MR) is 72.3 cm³/mol. The minimum absolute atomic E-state index is 0.0195. The molecule has 18 heavy (non-hydrogen) atoms. The van der Waals surface area contributed by atoms with Crippen LogP contribution in [0.25, 0.3) is 11.5 Å².